The van der Waals surface area contributed by atoms with E-state index < -0.39 is 0 Å². The highest BCUT2D eigenvalue weighted by molar-refractivity contribution is 7.15. The summed E-state index contributed by atoms with van der Waals surface area (Å²) < 4.78 is 15.1. The third-order valence-electron chi connectivity index (χ3n) is 4.37. The Labute approximate surface area is 173 Å². The van der Waals surface area contributed by atoms with Gasteiger partial charge in [-0.2, -0.15) is 0 Å². The van der Waals surface area contributed by atoms with Gasteiger partial charge < -0.3 is 5.32 Å². The van der Waals surface area contributed by atoms with Crippen molar-refractivity contribution in [1.82, 2.24) is 14.4 Å². The van der Waals surface area contributed by atoms with Crippen molar-refractivity contribution in [3.63, 3.8) is 0 Å². The molecule has 0 bridgehead atoms. The number of imidazole rings is 1. The van der Waals surface area contributed by atoms with Gasteiger partial charge in [-0.15, -0.1) is 22.7 Å². The van der Waals surface area contributed by atoms with Crippen LogP contribution in [0.4, 0.5) is 10.2 Å². The fourth-order valence-corrected chi connectivity index (χ4v) is 4.50. The average Bonchev–Trinajstić information content (AvgIpc) is 3.47. The van der Waals surface area contributed by atoms with Gasteiger partial charge in [-0.3, -0.25) is 9.20 Å². The number of nitrogens with one attached hydrogen (secondary N) is 1. The van der Waals surface area contributed by atoms with Crippen molar-refractivity contribution in [2.45, 2.75) is 0 Å². The Morgan fingerprint density at radius 3 is 2.55 bits per heavy atom. The molecule has 0 atom stereocenters. The molecule has 0 spiro atoms. The Morgan fingerprint density at radius 1 is 0.966 bits per heavy atom. The van der Waals surface area contributed by atoms with Crippen LogP contribution in [0.3, 0.4) is 0 Å². The molecule has 0 saturated heterocycles. The number of aromatic nitrogens is 3. The number of amides is 1. The molecule has 29 heavy (non-hydrogen) atoms. The number of fused-ring (bicyclic) bond motifs is 1. The summed E-state index contributed by atoms with van der Waals surface area (Å²) in [5.74, 6) is -0.108. The SMILES string of the molecule is O=C(Nc1c(-c2ccc(F)cc2)nc2sccn12)c1csc(-c2ccccc2)n1. The van der Waals surface area contributed by atoms with Crippen LogP contribution in [0.1, 0.15) is 10.5 Å². The van der Waals surface area contributed by atoms with E-state index in [1.807, 2.05) is 46.3 Å². The second kappa shape index (κ2) is 7.23. The van der Waals surface area contributed by atoms with Crippen molar-refractivity contribution >= 4 is 39.4 Å². The number of rotatable bonds is 4. The van der Waals surface area contributed by atoms with Gasteiger partial charge in [-0.25, -0.2) is 14.4 Å². The number of carbonyl (C=O) groups excluding carboxylic acids is 1. The van der Waals surface area contributed by atoms with E-state index in [4.69, 9.17) is 0 Å². The molecular formula is C21H13FN4OS2. The minimum Gasteiger partial charge on any atom is -0.304 e. The maximum Gasteiger partial charge on any atom is 0.276 e. The molecule has 0 aliphatic rings. The second-order valence-electron chi connectivity index (χ2n) is 6.23. The van der Waals surface area contributed by atoms with Gasteiger partial charge in [0.05, 0.1) is 0 Å². The predicted octanol–water partition coefficient (Wildman–Crippen LogP) is 5.58. The topological polar surface area (TPSA) is 59.3 Å². The van der Waals surface area contributed by atoms with E-state index in [0.29, 0.717) is 17.2 Å². The fraction of sp³-hybridized carbons (Fsp3) is 0. The van der Waals surface area contributed by atoms with Crippen LogP contribution >= 0.6 is 22.7 Å². The summed E-state index contributed by atoms with van der Waals surface area (Å²) in [5.41, 5.74) is 2.61. The first-order valence-electron chi connectivity index (χ1n) is 8.73. The monoisotopic (exact) mass is 420 g/mol. The van der Waals surface area contributed by atoms with Gasteiger partial charge in [0.2, 0.25) is 0 Å². The molecule has 0 fully saturated rings. The van der Waals surface area contributed by atoms with Gasteiger partial charge in [0.1, 0.15) is 28.0 Å². The summed E-state index contributed by atoms with van der Waals surface area (Å²) in [6.45, 7) is 0. The number of nitrogens with zero attached hydrogens (tertiary/aromatic N) is 3. The molecule has 1 amide bonds. The van der Waals surface area contributed by atoms with Crippen LogP contribution in [0.15, 0.2) is 71.6 Å². The summed E-state index contributed by atoms with van der Waals surface area (Å²) in [5, 5.41) is 7.34. The highest BCUT2D eigenvalue weighted by Crippen LogP contribution is 2.31. The lowest BCUT2D eigenvalue weighted by molar-refractivity contribution is 0.102. The number of halogens is 1. The van der Waals surface area contributed by atoms with E-state index in [2.05, 4.69) is 15.3 Å². The summed E-state index contributed by atoms with van der Waals surface area (Å²) in [4.78, 5) is 22.7. The standard InChI is InChI=1S/C21H13FN4OS2/c22-15-8-6-13(7-9-15)17-18(26-10-11-28-21(26)24-17)25-19(27)16-12-29-20(23-16)14-4-2-1-3-5-14/h1-12H,(H,25,27). The quantitative estimate of drug-likeness (QED) is 0.413. The number of benzene rings is 2. The Morgan fingerprint density at radius 2 is 1.76 bits per heavy atom. The van der Waals surface area contributed by atoms with E-state index in [9.17, 15) is 9.18 Å². The summed E-state index contributed by atoms with van der Waals surface area (Å²) >= 11 is 2.87. The van der Waals surface area contributed by atoms with Crippen LogP contribution in [-0.4, -0.2) is 20.3 Å². The van der Waals surface area contributed by atoms with Gasteiger partial charge in [0, 0.05) is 28.1 Å². The number of anilines is 1. The minimum atomic E-state index is -0.323. The first kappa shape index (κ1) is 17.7. The van der Waals surface area contributed by atoms with Crippen LogP contribution in [0.2, 0.25) is 0 Å². The predicted molar refractivity (Wildman–Crippen MR) is 114 cm³/mol. The number of carbonyl (C=O) groups is 1. The van der Waals surface area contributed by atoms with E-state index in [0.717, 1.165) is 21.1 Å². The number of hydrogen-bond acceptors (Lipinski definition) is 5. The molecule has 3 heterocycles. The fourth-order valence-electron chi connectivity index (χ4n) is 2.98. The van der Waals surface area contributed by atoms with Crippen LogP contribution in [0, 0.1) is 5.82 Å². The second-order valence-corrected chi connectivity index (χ2v) is 7.96. The lowest BCUT2D eigenvalue weighted by Crippen LogP contribution is -2.14. The molecule has 8 heteroatoms. The van der Waals surface area contributed by atoms with E-state index in [1.54, 1.807) is 17.5 Å². The number of thiazole rings is 2. The lowest BCUT2D eigenvalue weighted by atomic mass is 10.1. The van der Waals surface area contributed by atoms with Crippen LogP contribution in [0.25, 0.3) is 26.8 Å². The van der Waals surface area contributed by atoms with Crippen molar-refractivity contribution in [3.8, 4) is 21.8 Å². The first-order valence-corrected chi connectivity index (χ1v) is 10.5. The van der Waals surface area contributed by atoms with Crippen molar-refractivity contribution in [2.24, 2.45) is 0 Å². The van der Waals surface area contributed by atoms with E-state index in [-0.39, 0.29) is 11.7 Å². The smallest absolute Gasteiger partial charge is 0.276 e. The first-order chi connectivity index (χ1) is 14.2. The maximum atomic E-state index is 13.3. The molecule has 0 aliphatic heterocycles. The average molecular weight is 420 g/mol. The Kier molecular flexibility index (Phi) is 4.42. The number of hydrogen-bond donors (Lipinski definition) is 1. The van der Waals surface area contributed by atoms with Crippen molar-refractivity contribution in [3.05, 3.63) is 83.1 Å². The zero-order valence-electron chi connectivity index (χ0n) is 14.9. The molecule has 0 unspecified atom stereocenters. The molecule has 2 aromatic carbocycles. The van der Waals surface area contributed by atoms with Crippen LogP contribution in [-0.2, 0) is 0 Å². The molecule has 5 rings (SSSR count). The molecule has 3 aromatic heterocycles. The molecule has 5 nitrogen and oxygen atoms in total. The minimum absolute atomic E-state index is 0.320. The Hall–Kier alpha value is -3.36. The lowest BCUT2D eigenvalue weighted by Gasteiger charge is -2.06. The zero-order valence-corrected chi connectivity index (χ0v) is 16.5. The Balaban J connectivity index is 1.49. The van der Waals surface area contributed by atoms with E-state index in [1.165, 1.54) is 34.8 Å². The highest BCUT2D eigenvalue weighted by atomic mass is 32.1. The molecule has 0 aliphatic carbocycles. The third kappa shape index (κ3) is 3.32. The normalized spacial score (nSPS) is 11.1. The van der Waals surface area contributed by atoms with Crippen molar-refractivity contribution in [1.29, 1.82) is 0 Å². The van der Waals surface area contributed by atoms with Gasteiger partial charge in [-0.05, 0) is 24.3 Å². The van der Waals surface area contributed by atoms with Crippen molar-refractivity contribution < 1.29 is 9.18 Å². The van der Waals surface area contributed by atoms with Gasteiger partial charge in [0.25, 0.3) is 5.91 Å². The zero-order chi connectivity index (χ0) is 19.8. The van der Waals surface area contributed by atoms with Gasteiger partial charge in [0.15, 0.2) is 4.96 Å². The third-order valence-corrected chi connectivity index (χ3v) is 6.02. The Bertz CT molecular complexity index is 1310. The summed E-state index contributed by atoms with van der Waals surface area (Å²) in [6.07, 6.45) is 1.84. The van der Waals surface area contributed by atoms with Crippen molar-refractivity contribution in [2.75, 3.05) is 5.32 Å². The molecule has 142 valence electrons. The molecular weight excluding hydrogens is 407 g/mol. The van der Waals surface area contributed by atoms with E-state index >= 15 is 0 Å². The highest BCUT2D eigenvalue weighted by Gasteiger charge is 2.19. The van der Waals surface area contributed by atoms with Gasteiger partial charge in [-0.1, -0.05) is 30.3 Å². The maximum absolute atomic E-state index is 13.3. The van der Waals surface area contributed by atoms with Crippen LogP contribution < -0.4 is 5.32 Å². The summed E-state index contributed by atoms with van der Waals surface area (Å²) in [6, 6.07) is 15.8. The summed E-state index contributed by atoms with van der Waals surface area (Å²) in [7, 11) is 0. The molecule has 0 radical (unpaired) electrons. The largest absolute Gasteiger partial charge is 0.304 e. The van der Waals surface area contributed by atoms with Crippen LogP contribution in [0.5, 0.6) is 0 Å². The molecule has 5 aromatic rings. The molecule has 1 N–H and O–H groups in total. The van der Waals surface area contributed by atoms with Gasteiger partial charge >= 0.3 is 0 Å². The molecule has 0 saturated carbocycles.